The minimum absolute atomic E-state index is 0.0249. The lowest BCUT2D eigenvalue weighted by Crippen LogP contribution is -2.24. The van der Waals surface area contributed by atoms with Crippen molar-refractivity contribution < 1.29 is 4.74 Å². The maximum Gasteiger partial charge on any atom is 0.180 e. The van der Waals surface area contributed by atoms with E-state index >= 15 is 0 Å². The monoisotopic (exact) mass is 253 g/mol. The van der Waals surface area contributed by atoms with Gasteiger partial charge in [-0.1, -0.05) is 19.3 Å². The minimum Gasteiger partial charge on any atom is -0.370 e. The summed E-state index contributed by atoms with van der Waals surface area (Å²) in [7, 11) is 0. The molecule has 1 heterocycles. The first-order valence-electron chi connectivity index (χ1n) is 6.94. The predicted molar refractivity (Wildman–Crippen MR) is 67.8 cm³/mol. The summed E-state index contributed by atoms with van der Waals surface area (Å²) in [6.07, 6.45) is 6.35. The van der Waals surface area contributed by atoms with Crippen LogP contribution < -0.4 is 5.73 Å². The molecule has 0 aliphatic heterocycles. The van der Waals surface area contributed by atoms with Crippen molar-refractivity contribution in [3.05, 3.63) is 5.82 Å². The summed E-state index contributed by atoms with van der Waals surface area (Å²) in [4.78, 5) is 0. The fourth-order valence-electron chi connectivity index (χ4n) is 2.73. The van der Waals surface area contributed by atoms with E-state index in [-0.39, 0.29) is 6.10 Å². The van der Waals surface area contributed by atoms with Gasteiger partial charge in [0.25, 0.3) is 0 Å². The number of hydrogen-bond donors (Lipinski definition) is 1. The van der Waals surface area contributed by atoms with Gasteiger partial charge in [0.2, 0.25) is 0 Å². The zero-order chi connectivity index (χ0) is 12.8. The Hall–Kier alpha value is -1.01. The van der Waals surface area contributed by atoms with Crippen LogP contribution in [0.25, 0.3) is 0 Å². The van der Waals surface area contributed by atoms with Crippen LogP contribution in [0.15, 0.2) is 0 Å². The average molecular weight is 253 g/mol. The van der Waals surface area contributed by atoms with Crippen LogP contribution in [0.2, 0.25) is 0 Å². The van der Waals surface area contributed by atoms with Crippen LogP contribution in [0, 0.1) is 5.92 Å². The molecule has 0 bridgehead atoms. The molecule has 0 amide bonds. The number of nitrogens with zero attached hydrogens (tertiary/aromatic N) is 4. The van der Waals surface area contributed by atoms with E-state index in [2.05, 4.69) is 15.5 Å². The Morgan fingerprint density at radius 1 is 1.39 bits per heavy atom. The van der Waals surface area contributed by atoms with Gasteiger partial charge < -0.3 is 10.5 Å². The van der Waals surface area contributed by atoms with Crippen LogP contribution in [-0.4, -0.2) is 33.4 Å². The van der Waals surface area contributed by atoms with Crippen LogP contribution in [0.3, 0.4) is 0 Å². The summed E-state index contributed by atoms with van der Waals surface area (Å²) >= 11 is 0. The van der Waals surface area contributed by atoms with Gasteiger partial charge in [0.15, 0.2) is 5.82 Å². The van der Waals surface area contributed by atoms with Gasteiger partial charge in [0.1, 0.15) is 6.10 Å². The first kappa shape index (κ1) is 13.4. The Bertz CT molecular complexity index is 348. The number of tetrazole rings is 1. The van der Waals surface area contributed by atoms with Crippen molar-refractivity contribution in [2.75, 3.05) is 13.2 Å². The molecule has 6 nitrogen and oxygen atoms in total. The number of rotatable bonds is 6. The van der Waals surface area contributed by atoms with E-state index in [1.165, 1.54) is 32.1 Å². The first-order valence-corrected chi connectivity index (χ1v) is 6.94. The van der Waals surface area contributed by atoms with Gasteiger partial charge in [-0.25, -0.2) is 4.68 Å². The lowest BCUT2D eigenvalue weighted by atomic mass is 9.85. The first-order chi connectivity index (χ1) is 8.86. The van der Waals surface area contributed by atoms with Gasteiger partial charge in [0.05, 0.1) is 6.54 Å². The van der Waals surface area contributed by atoms with E-state index in [1.54, 1.807) is 4.68 Å². The summed E-state index contributed by atoms with van der Waals surface area (Å²) in [5, 5.41) is 11.9. The lowest BCUT2D eigenvalue weighted by molar-refractivity contribution is -0.00310. The molecule has 1 unspecified atom stereocenters. The molecule has 1 saturated carbocycles. The lowest BCUT2D eigenvalue weighted by Gasteiger charge is -2.29. The van der Waals surface area contributed by atoms with Gasteiger partial charge in [-0.15, -0.1) is 5.10 Å². The second-order valence-corrected chi connectivity index (χ2v) is 4.82. The maximum absolute atomic E-state index is 5.91. The van der Waals surface area contributed by atoms with Gasteiger partial charge in [-0.2, -0.15) is 0 Å². The highest BCUT2D eigenvalue weighted by molar-refractivity contribution is 4.93. The SMILES string of the molecule is CCOC(c1nnnn1CCN)C1CCCCC1. The third-order valence-electron chi connectivity index (χ3n) is 3.58. The molecule has 0 saturated heterocycles. The maximum atomic E-state index is 5.91. The van der Waals surface area contributed by atoms with E-state index in [0.717, 1.165) is 5.82 Å². The Labute approximate surface area is 108 Å². The van der Waals surface area contributed by atoms with E-state index in [4.69, 9.17) is 10.5 Å². The number of nitrogens with two attached hydrogens (primary N) is 1. The molecule has 18 heavy (non-hydrogen) atoms. The van der Waals surface area contributed by atoms with E-state index < -0.39 is 0 Å². The molecule has 2 N–H and O–H groups in total. The van der Waals surface area contributed by atoms with Crippen molar-refractivity contribution in [2.45, 2.75) is 51.7 Å². The molecular weight excluding hydrogens is 230 g/mol. The Morgan fingerprint density at radius 3 is 2.83 bits per heavy atom. The molecule has 1 aromatic heterocycles. The van der Waals surface area contributed by atoms with Crippen LogP contribution >= 0.6 is 0 Å². The van der Waals surface area contributed by atoms with Crippen molar-refractivity contribution in [3.63, 3.8) is 0 Å². The minimum atomic E-state index is 0.0249. The molecule has 1 aromatic rings. The van der Waals surface area contributed by atoms with Crippen molar-refractivity contribution in [1.29, 1.82) is 0 Å². The van der Waals surface area contributed by atoms with E-state index in [9.17, 15) is 0 Å². The highest BCUT2D eigenvalue weighted by Gasteiger charge is 2.29. The topological polar surface area (TPSA) is 78.9 Å². The van der Waals surface area contributed by atoms with Gasteiger partial charge in [-0.05, 0) is 36.1 Å². The highest BCUT2D eigenvalue weighted by Crippen LogP contribution is 2.35. The van der Waals surface area contributed by atoms with Crippen LogP contribution in [0.5, 0.6) is 0 Å². The fraction of sp³-hybridized carbons (Fsp3) is 0.917. The molecule has 2 rings (SSSR count). The second kappa shape index (κ2) is 6.80. The third kappa shape index (κ3) is 3.05. The van der Waals surface area contributed by atoms with Crippen LogP contribution in [0.1, 0.15) is 51.0 Å². The molecule has 102 valence electrons. The molecule has 6 heteroatoms. The zero-order valence-electron chi connectivity index (χ0n) is 11.1. The average Bonchev–Trinajstić information content (AvgIpc) is 2.85. The predicted octanol–water partition coefficient (Wildman–Crippen LogP) is 1.29. The van der Waals surface area contributed by atoms with Gasteiger partial charge >= 0.3 is 0 Å². The summed E-state index contributed by atoms with van der Waals surface area (Å²) in [6.45, 7) is 3.91. The quantitative estimate of drug-likeness (QED) is 0.826. The van der Waals surface area contributed by atoms with Crippen LogP contribution in [0.4, 0.5) is 0 Å². The Kier molecular flexibility index (Phi) is 5.07. The molecule has 1 aliphatic rings. The van der Waals surface area contributed by atoms with Gasteiger partial charge in [0, 0.05) is 13.2 Å². The molecule has 1 aliphatic carbocycles. The van der Waals surface area contributed by atoms with Crippen molar-refractivity contribution >= 4 is 0 Å². The summed E-state index contributed by atoms with van der Waals surface area (Å²) < 4.78 is 7.70. The van der Waals surface area contributed by atoms with E-state index in [1.807, 2.05) is 6.92 Å². The Balaban J connectivity index is 2.14. The molecule has 1 atom stereocenters. The molecule has 0 spiro atoms. The number of hydrogen-bond acceptors (Lipinski definition) is 5. The normalized spacial score (nSPS) is 19.0. The van der Waals surface area contributed by atoms with E-state index in [0.29, 0.717) is 25.6 Å². The number of aromatic nitrogens is 4. The fourth-order valence-corrected chi connectivity index (χ4v) is 2.73. The summed E-state index contributed by atoms with van der Waals surface area (Å²) in [5.41, 5.74) is 5.58. The standard InChI is InChI=1S/C12H23N5O/c1-2-18-11(10-6-4-3-5-7-10)12-14-15-16-17(12)9-8-13/h10-11H,2-9,13H2,1H3. The largest absolute Gasteiger partial charge is 0.370 e. The Morgan fingerprint density at radius 2 is 2.17 bits per heavy atom. The molecular formula is C12H23N5O. The third-order valence-corrected chi connectivity index (χ3v) is 3.58. The highest BCUT2D eigenvalue weighted by atomic mass is 16.5. The number of ether oxygens (including phenoxy) is 1. The zero-order valence-corrected chi connectivity index (χ0v) is 11.1. The summed E-state index contributed by atoms with van der Waals surface area (Å²) in [5.74, 6) is 1.38. The molecule has 0 aromatic carbocycles. The molecule has 1 fully saturated rings. The second-order valence-electron chi connectivity index (χ2n) is 4.82. The van der Waals surface area contributed by atoms with Crippen LogP contribution in [-0.2, 0) is 11.3 Å². The summed E-state index contributed by atoms with van der Waals surface area (Å²) in [6, 6.07) is 0. The van der Waals surface area contributed by atoms with Gasteiger partial charge in [-0.3, -0.25) is 0 Å². The van der Waals surface area contributed by atoms with Crippen molar-refractivity contribution in [1.82, 2.24) is 20.2 Å². The van der Waals surface area contributed by atoms with Crippen molar-refractivity contribution in [2.24, 2.45) is 11.7 Å². The smallest absolute Gasteiger partial charge is 0.180 e. The molecule has 0 radical (unpaired) electrons. The van der Waals surface area contributed by atoms with Crippen molar-refractivity contribution in [3.8, 4) is 0 Å².